The molecule has 104 valence electrons. The highest BCUT2D eigenvalue weighted by atomic mass is 32.2. The maximum atomic E-state index is 4.85. The third-order valence-corrected chi connectivity index (χ3v) is 5.90. The molecular formula is C14H16N4S2. The van der Waals surface area contributed by atoms with Crippen molar-refractivity contribution in [2.45, 2.75) is 38.3 Å². The van der Waals surface area contributed by atoms with Crippen LogP contribution in [0.25, 0.3) is 15.9 Å². The molecule has 3 aromatic heterocycles. The van der Waals surface area contributed by atoms with Crippen molar-refractivity contribution in [3.63, 3.8) is 0 Å². The van der Waals surface area contributed by atoms with Crippen molar-refractivity contribution in [3.8, 4) is 0 Å². The predicted molar refractivity (Wildman–Crippen MR) is 83.9 cm³/mol. The molecule has 0 aliphatic heterocycles. The normalized spacial score (nSPS) is 18.9. The highest BCUT2D eigenvalue weighted by Crippen LogP contribution is 2.39. The Hall–Kier alpha value is -1.14. The van der Waals surface area contributed by atoms with Gasteiger partial charge >= 0.3 is 0 Å². The second-order valence-corrected chi connectivity index (χ2v) is 7.39. The van der Waals surface area contributed by atoms with Crippen molar-refractivity contribution in [3.05, 3.63) is 16.3 Å². The monoisotopic (exact) mass is 304 g/mol. The van der Waals surface area contributed by atoms with Crippen LogP contribution < -0.4 is 0 Å². The Balaban J connectivity index is 2.13. The zero-order chi connectivity index (χ0) is 13.9. The van der Waals surface area contributed by atoms with Gasteiger partial charge in [-0.15, -0.1) is 21.5 Å². The first-order valence-electron chi connectivity index (χ1n) is 6.89. The van der Waals surface area contributed by atoms with Gasteiger partial charge < -0.3 is 0 Å². The molecule has 0 N–H and O–H groups in total. The number of fused-ring (bicyclic) bond motifs is 5. The topological polar surface area (TPSA) is 43.1 Å². The van der Waals surface area contributed by atoms with Crippen LogP contribution in [0.5, 0.6) is 0 Å². The van der Waals surface area contributed by atoms with Gasteiger partial charge in [0.15, 0.2) is 10.8 Å². The van der Waals surface area contributed by atoms with E-state index in [0.29, 0.717) is 0 Å². The molecule has 0 saturated heterocycles. The van der Waals surface area contributed by atoms with Crippen LogP contribution in [0.15, 0.2) is 5.16 Å². The fourth-order valence-corrected chi connectivity index (χ4v) is 5.09. The predicted octanol–water partition coefficient (Wildman–Crippen LogP) is 3.49. The fourth-order valence-electron chi connectivity index (χ4n) is 3.07. The summed E-state index contributed by atoms with van der Waals surface area (Å²) in [4.78, 5) is 7.49. The van der Waals surface area contributed by atoms with E-state index in [9.17, 15) is 0 Å². The van der Waals surface area contributed by atoms with Crippen LogP contribution in [0.2, 0.25) is 0 Å². The van der Waals surface area contributed by atoms with Crippen molar-refractivity contribution < 1.29 is 0 Å². The standard InChI is InChI=1S/C14H16N4S2/c1-7-4-5-9-10(6-7)20-13-11(9)12-17-16-8(2)18(12)14(15-13)19-3/h7H,4-6H2,1-3H3/t7-/m1/s1. The second-order valence-electron chi connectivity index (χ2n) is 5.54. The quantitative estimate of drug-likeness (QED) is 0.510. The lowest BCUT2D eigenvalue weighted by Crippen LogP contribution is -2.08. The average Bonchev–Trinajstić information content (AvgIpc) is 2.98. The average molecular weight is 304 g/mol. The van der Waals surface area contributed by atoms with Gasteiger partial charge in [-0.3, -0.25) is 4.40 Å². The van der Waals surface area contributed by atoms with Crippen LogP contribution in [-0.4, -0.2) is 25.8 Å². The van der Waals surface area contributed by atoms with E-state index in [0.717, 1.165) is 33.8 Å². The minimum Gasteiger partial charge on any atom is -0.257 e. The summed E-state index contributed by atoms with van der Waals surface area (Å²) in [6, 6.07) is 0. The Bertz CT molecular complexity index is 818. The molecule has 3 aromatic rings. The first kappa shape index (κ1) is 12.6. The van der Waals surface area contributed by atoms with E-state index >= 15 is 0 Å². The molecule has 0 fully saturated rings. The highest BCUT2D eigenvalue weighted by Gasteiger charge is 2.24. The second kappa shape index (κ2) is 4.43. The van der Waals surface area contributed by atoms with Gasteiger partial charge in [0.2, 0.25) is 0 Å². The number of rotatable bonds is 1. The molecule has 0 radical (unpaired) electrons. The van der Waals surface area contributed by atoms with Gasteiger partial charge in [-0.25, -0.2) is 4.98 Å². The number of hydrogen-bond acceptors (Lipinski definition) is 5. The van der Waals surface area contributed by atoms with Gasteiger partial charge in [-0.1, -0.05) is 18.7 Å². The van der Waals surface area contributed by atoms with Crippen LogP contribution in [0.1, 0.15) is 29.6 Å². The Kier molecular flexibility index (Phi) is 2.79. The number of thiophene rings is 1. The molecule has 3 heterocycles. The number of nitrogens with zero attached hydrogens (tertiary/aromatic N) is 4. The van der Waals surface area contributed by atoms with Crippen LogP contribution in [0.4, 0.5) is 0 Å². The van der Waals surface area contributed by atoms with E-state index in [1.165, 1.54) is 28.7 Å². The summed E-state index contributed by atoms with van der Waals surface area (Å²) in [6.07, 6.45) is 5.66. The fraction of sp³-hybridized carbons (Fsp3) is 0.500. The molecule has 6 heteroatoms. The van der Waals surface area contributed by atoms with Crippen LogP contribution in [0.3, 0.4) is 0 Å². The van der Waals surface area contributed by atoms with Crippen molar-refractivity contribution in [1.82, 2.24) is 19.6 Å². The Morgan fingerprint density at radius 1 is 1.35 bits per heavy atom. The van der Waals surface area contributed by atoms with Gasteiger partial charge in [0.25, 0.3) is 0 Å². The summed E-state index contributed by atoms with van der Waals surface area (Å²) in [5, 5.41) is 10.9. The lowest BCUT2D eigenvalue weighted by molar-refractivity contribution is 0.509. The Morgan fingerprint density at radius 3 is 3.00 bits per heavy atom. The third kappa shape index (κ3) is 1.64. The van der Waals surface area contributed by atoms with Crippen LogP contribution >= 0.6 is 23.1 Å². The smallest absolute Gasteiger partial charge is 0.176 e. The maximum absolute atomic E-state index is 4.85. The molecule has 1 aliphatic rings. The summed E-state index contributed by atoms with van der Waals surface area (Å²) >= 11 is 3.51. The zero-order valence-corrected chi connectivity index (χ0v) is 13.4. The van der Waals surface area contributed by atoms with Gasteiger partial charge in [0.1, 0.15) is 10.7 Å². The maximum Gasteiger partial charge on any atom is 0.176 e. The Labute approximate surface area is 125 Å². The van der Waals surface area contributed by atoms with Crippen molar-refractivity contribution in [1.29, 1.82) is 0 Å². The molecule has 0 saturated carbocycles. The molecular weight excluding hydrogens is 288 g/mol. The number of hydrogen-bond donors (Lipinski definition) is 0. The molecule has 0 spiro atoms. The molecule has 1 aliphatic carbocycles. The van der Waals surface area contributed by atoms with Crippen LogP contribution in [0, 0.1) is 12.8 Å². The van der Waals surface area contributed by atoms with Crippen molar-refractivity contribution >= 4 is 39.0 Å². The van der Waals surface area contributed by atoms with E-state index in [-0.39, 0.29) is 0 Å². The summed E-state index contributed by atoms with van der Waals surface area (Å²) in [7, 11) is 0. The number of thioether (sulfide) groups is 1. The lowest BCUT2D eigenvalue weighted by Gasteiger charge is -2.17. The summed E-state index contributed by atoms with van der Waals surface area (Å²) < 4.78 is 2.10. The van der Waals surface area contributed by atoms with E-state index in [4.69, 9.17) is 4.98 Å². The summed E-state index contributed by atoms with van der Waals surface area (Å²) in [5.41, 5.74) is 2.46. The third-order valence-electron chi connectivity index (χ3n) is 4.11. The Morgan fingerprint density at radius 2 is 2.20 bits per heavy atom. The summed E-state index contributed by atoms with van der Waals surface area (Å²) in [6.45, 7) is 4.33. The van der Waals surface area contributed by atoms with E-state index in [1.54, 1.807) is 11.8 Å². The molecule has 0 aromatic carbocycles. The number of aryl methyl sites for hydroxylation is 2. The highest BCUT2D eigenvalue weighted by molar-refractivity contribution is 7.98. The first-order chi connectivity index (χ1) is 9.69. The largest absolute Gasteiger partial charge is 0.257 e. The van der Waals surface area contributed by atoms with Gasteiger partial charge in [-0.2, -0.15) is 0 Å². The van der Waals surface area contributed by atoms with Crippen LogP contribution in [-0.2, 0) is 12.8 Å². The first-order valence-corrected chi connectivity index (χ1v) is 8.93. The van der Waals surface area contributed by atoms with E-state index < -0.39 is 0 Å². The molecule has 20 heavy (non-hydrogen) atoms. The molecule has 4 rings (SSSR count). The van der Waals surface area contributed by atoms with Gasteiger partial charge in [0.05, 0.1) is 5.39 Å². The number of aromatic nitrogens is 4. The minimum absolute atomic E-state index is 0.784. The lowest BCUT2D eigenvalue weighted by atomic mass is 9.89. The van der Waals surface area contributed by atoms with Gasteiger partial charge in [0, 0.05) is 4.88 Å². The molecule has 0 amide bonds. The van der Waals surface area contributed by atoms with E-state index in [1.807, 2.05) is 18.3 Å². The molecule has 0 unspecified atom stereocenters. The van der Waals surface area contributed by atoms with E-state index in [2.05, 4.69) is 27.8 Å². The SMILES string of the molecule is CSc1nc2sc3c(c2c2nnc(C)n12)CC[C@@H](C)C3. The molecule has 0 bridgehead atoms. The van der Waals surface area contributed by atoms with Gasteiger partial charge in [-0.05, 0) is 43.9 Å². The molecule has 4 nitrogen and oxygen atoms in total. The van der Waals surface area contributed by atoms with Crippen molar-refractivity contribution in [2.75, 3.05) is 6.26 Å². The summed E-state index contributed by atoms with van der Waals surface area (Å²) in [5.74, 6) is 1.70. The zero-order valence-electron chi connectivity index (χ0n) is 11.8. The minimum atomic E-state index is 0.784. The van der Waals surface area contributed by atoms with Crippen molar-refractivity contribution in [2.24, 2.45) is 5.92 Å². The molecule has 1 atom stereocenters.